The first-order chi connectivity index (χ1) is 11.1. The highest BCUT2D eigenvalue weighted by Crippen LogP contribution is 2.41. The topological polar surface area (TPSA) is 27.1 Å². The fourth-order valence-corrected chi connectivity index (χ4v) is 2.20. The van der Waals surface area contributed by atoms with Crippen molar-refractivity contribution in [2.45, 2.75) is 26.0 Å². The normalized spacial score (nSPS) is 12.7. The lowest BCUT2D eigenvalue weighted by Gasteiger charge is -2.14. The Balaban J connectivity index is 2.76. The molecule has 0 bridgehead atoms. The fourth-order valence-electron chi connectivity index (χ4n) is 2.08. The van der Waals surface area contributed by atoms with E-state index in [4.69, 9.17) is 16.3 Å². The van der Waals surface area contributed by atoms with Crippen molar-refractivity contribution in [1.29, 1.82) is 0 Å². The Labute approximate surface area is 137 Å². The van der Waals surface area contributed by atoms with Crippen molar-refractivity contribution in [3.05, 3.63) is 40.8 Å². The monoisotopic (exact) mass is 372 g/mol. The van der Waals surface area contributed by atoms with E-state index in [9.17, 15) is 26.3 Å². The van der Waals surface area contributed by atoms with Crippen molar-refractivity contribution in [2.75, 3.05) is 6.61 Å². The second-order valence-corrected chi connectivity index (χ2v) is 5.12. The van der Waals surface area contributed by atoms with Crippen molar-refractivity contribution < 1.29 is 31.1 Å². The van der Waals surface area contributed by atoms with E-state index in [0.717, 1.165) is 0 Å². The minimum atomic E-state index is -5.07. The van der Waals surface area contributed by atoms with Crippen LogP contribution in [-0.4, -0.2) is 16.2 Å². The largest absolute Gasteiger partial charge is 0.449 e. The molecule has 0 N–H and O–H groups in total. The molecule has 10 heteroatoms. The summed E-state index contributed by atoms with van der Waals surface area (Å²) >= 11 is 5.68. The Morgan fingerprint density at radius 3 is 2.08 bits per heavy atom. The lowest BCUT2D eigenvalue weighted by atomic mass is 10.1. The van der Waals surface area contributed by atoms with Crippen LogP contribution in [0.15, 0.2) is 24.3 Å². The minimum Gasteiger partial charge on any atom is -0.361 e. The summed E-state index contributed by atoms with van der Waals surface area (Å²) in [7, 11) is 0. The van der Waals surface area contributed by atoms with Gasteiger partial charge in [0.1, 0.15) is 6.73 Å². The molecule has 2 aromatic rings. The van der Waals surface area contributed by atoms with E-state index in [1.54, 1.807) is 0 Å². The minimum absolute atomic E-state index is 0.0247. The number of aromatic nitrogens is 2. The first-order valence-corrected chi connectivity index (χ1v) is 7.02. The zero-order chi connectivity index (χ0) is 18.1. The summed E-state index contributed by atoms with van der Waals surface area (Å²) in [5.41, 5.74) is -2.45. The van der Waals surface area contributed by atoms with Gasteiger partial charge in [-0.05, 0) is 19.1 Å². The number of benzene rings is 1. The number of rotatable bonds is 4. The van der Waals surface area contributed by atoms with Crippen LogP contribution in [0.5, 0.6) is 0 Å². The lowest BCUT2D eigenvalue weighted by Crippen LogP contribution is -2.17. The van der Waals surface area contributed by atoms with Gasteiger partial charge in [-0.1, -0.05) is 23.7 Å². The van der Waals surface area contributed by atoms with Crippen LogP contribution in [0, 0.1) is 0 Å². The zero-order valence-electron chi connectivity index (χ0n) is 12.2. The third kappa shape index (κ3) is 3.84. The van der Waals surface area contributed by atoms with Crippen molar-refractivity contribution in [3.63, 3.8) is 0 Å². The highest BCUT2D eigenvalue weighted by atomic mass is 35.5. The number of hydrogen-bond acceptors (Lipinski definition) is 2. The van der Waals surface area contributed by atoms with Gasteiger partial charge in [0.2, 0.25) is 5.82 Å². The smallest absolute Gasteiger partial charge is 0.361 e. The van der Waals surface area contributed by atoms with Crippen molar-refractivity contribution in [2.24, 2.45) is 0 Å². The Bertz CT molecular complexity index is 706. The van der Waals surface area contributed by atoms with Gasteiger partial charge in [-0.25, -0.2) is 4.98 Å². The maximum atomic E-state index is 13.2. The molecule has 1 aromatic carbocycles. The van der Waals surface area contributed by atoms with Crippen molar-refractivity contribution in [3.8, 4) is 11.3 Å². The number of nitrogens with zero attached hydrogens (tertiary/aromatic N) is 2. The van der Waals surface area contributed by atoms with Gasteiger partial charge in [0.05, 0.1) is 5.69 Å². The molecule has 0 aliphatic carbocycles. The summed E-state index contributed by atoms with van der Waals surface area (Å²) < 4.78 is 84.2. The van der Waals surface area contributed by atoms with Crippen LogP contribution in [-0.2, 0) is 23.8 Å². The predicted molar refractivity (Wildman–Crippen MR) is 74.3 cm³/mol. The molecule has 0 aliphatic rings. The summed E-state index contributed by atoms with van der Waals surface area (Å²) in [6.45, 7) is 0.820. The van der Waals surface area contributed by atoms with E-state index < -0.39 is 36.3 Å². The van der Waals surface area contributed by atoms with Gasteiger partial charge in [0.25, 0.3) is 0 Å². The summed E-state index contributed by atoms with van der Waals surface area (Å²) in [5.74, 6) is -1.67. The molecule has 0 saturated carbocycles. The van der Waals surface area contributed by atoms with Crippen LogP contribution < -0.4 is 0 Å². The molecule has 0 radical (unpaired) electrons. The molecule has 1 heterocycles. The highest BCUT2D eigenvalue weighted by Gasteiger charge is 2.45. The third-order valence-corrected chi connectivity index (χ3v) is 3.28. The van der Waals surface area contributed by atoms with Crippen LogP contribution in [0.4, 0.5) is 26.3 Å². The molecular weight excluding hydrogens is 362 g/mol. The highest BCUT2D eigenvalue weighted by molar-refractivity contribution is 6.30. The van der Waals surface area contributed by atoms with E-state index in [1.165, 1.54) is 31.2 Å². The molecule has 0 atom stereocenters. The third-order valence-electron chi connectivity index (χ3n) is 3.03. The average molecular weight is 373 g/mol. The van der Waals surface area contributed by atoms with E-state index in [2.05, 4.69) is 4.98 Å². The van der Waals surface area contributed by atoms with Gasteiger partial charge >= 0.3 is 12.4 Å². The second-order valence-electron chi connectivity index (χ2n) is 4.68. The van der Waals surface area contributed by atoms with Gasteiger partial charge in [-0.15, -0.1) is 0 Å². The predicted octanol–water partition coefficient (Wildman–Crippen LogP) is 5.24. The number of ether oxygens (including phenoxy) is 1. The molecule has 0 unspecified atom stereocenters. The molecule has 0 aliphatic heterocycles. The zero-order valence-corrected chi connectivity index (χ0v) is 12.9. The molecule has 0 spiro atoms. The van der Waals surface area contributed by atoms with Crippen molar-refractivity contribution in [1.82, 2.24) is 9.55 Å². The van der Waals surface area contributed by atoms with Gasteiger partial charge in [0, 0.05) is 17.2 Å². The van der Waals surface area contributed by atoms with E-state index in [-0.39, 0.29) is 17.2 Å². The summed E-state index contributed by atoms with van der Waals surface area (Å²) in [6.07, 6.45) is -10.1. The molecule has 0 fully saturated rings. The van der Waals surface area contributed by atoms with Gasteiger partial charge < -0.3 is 4.74 Å². The fraction of sp³-hybridized carbons (Fsp3) is 0.357. The average Bonchev–Trinajstić information content (AvgIpc) is 2.85. The number of hydrogen-bond donors (Lipinski definition) is 0. The molecule has 0 saturated heterocycles. The SMILES string of the molecule is CCOCn1c(C(F)(F)F)nc(C(F)(F)F)c1-c1ccc(Cl)cc1. The number of imidazole rings is 1. The quantitative estimate of drug-likeness (QED) is 0.687. The van der Waals surface area contributed by atoms with Crippen LogP contribution in [0.2, 0.25) is 5.02 Å². The Hall–Kier alpha value is -1.74. The molecule has 1 aromatic heterocycles. The van der Waals surface area contributed by atoms with Gasteiger partial charge in [0.15, 0.2) is 5.69 Å². The van der Waals surface area contributed by atoms with E-state index >= 15 is 0 Å². The molecular formula is C14H11ClF6N2O. The second kappa shape index (κ2) is 6.64. The van der Waals surface area contributed by atoms with Crippen molar-refractivity contribution >= 4 is 11.6 Å². The lowest BCUT2D eigenvalue weighted by molar-refractivity contribution is -0.152. The molecule has 132 valence electrons. The van der Waals surface area contributed by atoms with Gasteiger partial charge in [-0.3, -0.25) is 4.57 Å². The first-order valence-electron chi connectivity index (χ1n) is 6.64. The van der Waals surface area contributed by atoms with Crippen LogP contribution >= 0.6 is 11.6 Å². The first kappa shape index (κ1) is 18.6. The maximum Gasteiger partial charge on any atom is 0.449 e. The standard InChI is InChI=1S/C14H11ClF6N2O/c1-2-24-7-23-10(8-3-5-9(15)6-4-8)11(13(16,17)18)22-12(23)14(19,20)21/h3-6H,2,7H2,1H3. The summed E-state index contributed by atoms with van der Waals surface area (Å²) in [4.78, 5) is 2.80. The van der Waals surface area contributed by atoms with E-state index in [1.807, 2.05) is 0 Å². The van der Waals surface area contributed by atoms with Crippen LogP contribution in [0.3, 0.4) is 0 Å². The molecule has 2 rings (SSSR count). The van der Waals surface area contributed by atoms with E-state index in [0.29, 0.717) is 4.57 Å². The summed E-state index contributed by atoms with van der Waals surface area (Å²) in [5, 5.41) is 0.235. The Morgan fingerprint density at radius 1 is 1.04 bits per heavy atom. The summed E-state index contributed by atoms with van der Waals surface area (Å²) in [6, 6.07) is 4.94. The van der Waals surface area contributed by atoms with Gasteiger partial charge in [-0.2, -0.15) is 26.3 Å². The Kier molecular flexibility index (Phi) is 5.14. The number of halogens is 7. The molecule has 24 heavy (non-hydrogen) atoms. The maximum absolute atomic E-state index is 13.2. The molecule has 0 amide bonds. The number of alkyl halides is 6. The van der Waals surface area contributed by atoms with Crippen LogP contribution in [0.1, 0.15) is 18.4 Å². The van der Waals surface area contributed by atoms with Crippen LogP contribution in [0.25, 0.3) is 11.3 Å². The molecule has 3 nitrogen and oxygen atoms in total. The Morgan fingerprint density at radius 2 is 1.62 bits per heavy atom.